The first-order valence-electron chi connectivity index (χ1n) is 10.1. The second-order valence-corrected chi connectivity index (χ2v) is 7.93. The molecule has 0 bridgehead atoms. The van der Waals surface area contributed by atoms with Gasteiger partial charge in [0.25, 0.3) is 0 Å². The maximum atomic E-state index is 11.9. The summed E-state index contributed by atoms with van der Waals surface area (Å²) in [4.78, 5) is 23.6. The number of carbonyl (C=O) groups is 1. The molecule has 0 aliphatic heterocycles. The number of fused-ring (bicyclic) bond motifs is 4. The van der Waals surface area contributed by atoms with Crippen molar-refractivity contribution in [2.75, 3.05) is 7.11 Å². The molecule has 0 unspecified atom stereocenters. The van der Waals surface area contributed by atoms with Crippen LogP contribution in [0.1, 0.15) is 16.7 Å². The molecule has 32 heavy (non-hydrogen) atoms. The molecule has 1 N–H and O–H groups in total. The average molecular weight is 428 g/mol. The van der Waals surface area contributed by atoms with Gasteiger partial charge in [-0.25, -0.2) is 4.79 Å². The molecule has 2 heterocycles. The summed E-state index contributed by atoms with van der Waals surface area (Å²) in [5, 5.41) is 13.0. The Morgan fingerprint density at radius 1 is 0.938 bits per heavy atom. The van der Waals surface area contributed by atoms with Gasteiger partial charge in [0.15, 0.2) is 0 Å². The molecule has 3 aromatic carbocycles. The van der Waals surface area contributed by atoms with Crippen LogP contribution < -0.4 is 10.4 Å². The van der Waals surface area contributed by atoms with Crippen LogP contribution in [0.5, 0.6) is 5.75 Å². The predicted molar refractivity (Wildman–Crippen MR) is 123 cm³/mol. The van der Waals surface area contributed by atoms with Crippen LogP contribution in [0.4, 0.5) is 0 Å². The van der Waals surface area contributed by atoms with Crippen LogP contribution in [0.15, 0.2) is 62.2 Å². The maximum absolute atomic E-state index is 11.9. The Morgan fingerprint density at radius 3 is 2.41 bits per heavy atom. The Morgan fingerprint density at radius 2 is 1.66 bits per heavy atom. The zero-order valence-electron chi connectivity index (χ0n) is 17.8. The van der Waals surface area contributed by atoms with Gasteiger partial charge in [-0.15, -0.1) is 0 Å². The summed E-state index contributed by atoms with van der Waals surface area (Å²) in [5.74, 6) is 0.316. The van der Waals surface area contributed by atoms with Crippen LogP contribution in [0, 0.1) is 13.8 Å². The van der Waals surface area contributed by atoms with Gasteiger partial charge in [0.05, 0.1) is 18.9 Å². The second kappa shape index (κ2) is 7.27. The molecule has 6 nitrogen and oxygen atoms in total. The van der Waals surface area contributed by atoms with Gasteiger partial charge in [0.1, 0.15) is 22.7 Å². The highest BCUT2D eigenvalue weighted by Gasteiger charge is 2.23. The van der Waals surface area contributed by atoms with Crippen LogP contribution in [-0.4, -0.2) is 18.2 Å². The fraction of sp³-hybridized carbons (Fsp3) is 0.154. The smallest absolute Gasteiger partial charge is 0.336 e. The molecule has 0 saturated heterocycles. The van der Waals surface area contributed by atoms with Crippen LogP contribution in [0.3, 0.4) is 0 Å². The van der Waals surface area contributed by atoms with Gasteiger partial charge in [-0.3, -0.25) is 4.79 Å². The maximum Gasteiger partial charge on any atom is 0.336 e. The number of hydrogen-bond acceptors (Lipinski definition) is 5. The fourth-order valence-corrected chi connectivity index (χ4v) is 4.40. The molecule has 2 aromatic heterocycles. The van der Waals surface area contributed by atoms with Crippen molar-refractivity contribution in [3.8, 4) is 17.1 Å². The standard InChI is InChI=1S/C26H20O6/c1-13-8-20-24(14(2)9-22(29)31-20)26-23(13)19(12-21(27)28)25(32-26)17-5-4-16-11-18(30-3)7-6-15(16)10-17/h4-11H,12H2,1-3H3,(H,27,28). The minimum Gasteiger partial charge on any atom is -0.497 e. The van der Waals surface area contributed by atoms with E-state index in [4.69, 9.17) is 13.6 Å². The van der Waals surface area contributed by atoms with E-state index in [1.165, 1.54) is 6.07 Å². The Balaban J connectivity index is 1.85. The first kappa shape index (κ1) is 19.9. The lowest BCUT2D eigenvalue weighted by Crippen LogP contribution is -2.02. The lowest BCUT2D eigenvalue weighted by atomic mass is 9.96. The van der Waals surface area contributed by atoms with E-state index in [-0.39, 0.29) is 6.42 Å². The molecule has 5 aromatic rings. The summed E-state index contributed by atoms with van der Waals surface area (Å²) in [7, 11) is 1.62. The van der Waals surface area contributed by atoms with Crippen molar-refractivity contribution in [3.63, 3.8) is 0 Å². The molecular formula is C26H20O6. The van der Waals surface area contributed by atoms with E-state index in [9.17, 15) is 14.7 Å². The summed E-state index contributed by atoms with van der Waals surface area (Å²) in [6, 6.07) is 14.8. The molecule has 0 amide bonds. The number of aryl methyl sites for hydroxylation is 2. The number of furan rings is 1. The first-order chi connectivity index (χ1) is 15.4. The van der Waals surface area contributed by atoms with E-state index in [2.05, 4.69) is 0 Å². The highest BCUT2D eigenvalue weighted by molar-refractivity contribution is 6.09. The highest BCUT2D eigenvalue weighted by Crippen LogP contribution is 2.41. The molecule has 0 aliphatic carbocycles. The van der Waals surface area contributed by atoms with Crippen molar-refractivity contribution in [1.29, 1.82) is 0 Å². The van der Waals surface area contributed by atoms with E-state index < -0.39 is 11.6 Å². The van der Waals surface area contributed by atoms with Crippen molar-refractivity contribution in [2.24, 2.45) is 0 Å². The molecule has 0 fully saturated rings. The Hall–Kier alpha value is -4.06. The van der Waals surface area contributed by atoms with Crippen molar-refractivity contribution in [1.82, 2.24) is 0 Å². The number of benzene rings is 3. The van der Waals surface area contributed by atoms with Gasteiger partial charge in [-0.05, 0) is 60.0 Å². The van der Waals surface area contributed by atoms with Crippen molar-refractivity contribution in [2.45, 2.75) is 20.3 Å². The van der Waals surface area contributed by atoms with Gasteiger partial charge in [-0.1, -0.05) is 18.2 Å². The SMILES string of the molecule is COc1ccc2cc(-c3oc4c(c(C)cc5oc(=O)cc(C)c54)c3CC(=O)O)ccc2c1. The quantitative estimate of drug-likeness (QED) is 0.374. The summed E-state index contributed by atoms with van der Waals surface area (Å²) in [5.41, 5.74) is 3.40. The number of carboxylic acid groups (broad SMARTS) is 1. The minimum absolute atomic E-state index is 0.189. The average Bonchev–Trinajstić information content (AvgIpc) is 3.11. The normalized spacial score (nSPS) is 11.5. The summed E-state index contributed by atoms with van der Waals surface area (Å²) in [6.45, 7) is 3.68. The van der Waals surface area contributed by atoms with Crippen molar-refractivity contribution in [3.05, 3.63) is 75.6 Å². The molecule has 160 valence electrons. The zero-order valence-corrected chi connectivity index (χ0v) is 17.8. The summed E-state index contributed by atoms with van der Waals surface area (Å²) < 4.78 is 17.0. The van der Waals surface area contributed by atoms with Crippen LogP contribution in [0.25, 0.3) is 44.0 Å². The number of hydrogen-bond donors (Lipinski definition) is 1. The van der Waals surface area contributed by atoms with Crippen molar-refractivity contribution < 1.29 is 23.5 Å². The van der Waals surface area contributed by atoms with E-state index >= 15 is 0 Å². The summed E-state index contributed by atoms with van der Waals surface area (Å²) in [6.07, 6.45) is -0.189. The molecule has 0 radical (unpaired) electrons. The number of carboxylic acids is 1. The van der Waals surface area contributed by atoms with Crippen LogP contribution in [0.2, 0.25) is 0 Å². The lowest BCUT2D eigenvalue weighted by Gasteiger charge is -2.06. The fourth-order valence-electron chi connectivity index (χ4n) is 4.40. The Labute approximate surface area is 182 Å². The molecule has 5 rings (SSSR count). The van der Waals surface area contributed by atoms with E-state index in [0.29, 0.717) is 33.4 Å². The number of ether oxygens (including phenoxy) is 1. The molecule has 0 atom stereocenters. The molecular weight excluding hydrogens is 408 g/mol. The third kappa shape index (κ3) is 3.12. The zero-order chi connectivity index (χ0) is 22.6. The number of rotatable bonds is 4. The Kier molecular flexibility index (Phi) is 4.51. The van der Waals surface area contributed by atoms with Gasteiger partial charge < -0.3 is 18.7 Å². The summed E-state index contributed by atoms with van der Waals surface area (Å²) >= 11 is 0. The predicted octanol–water partition coefficient (Wildman–Crippen LogP) is 5.61. The highest BCUT2D eigenvalue weighted by atomic mass is 16.5. The Bertz CT molecular complexity index is 1600. The van der Waals surface area contributed by atoms with E-state index in [1.807, 2.05) is 50.2 Å². The minimum atomic E-state index is -0.949. The second-order valence-electron chi connectivity index (χ2n) is 7.93. The number of aliphatic carboxylic acids is 1. The van der Waals surface area contributed by atoms with Gasteiger partial charge in [0, 0.05) is 22.6 Å². The molecule has 0 aliphatic rings. The van der Waals surface area contributed by atoms with E-state index in [0.717, 1.165) is 33.0 Å². The van der Waals surface area contributed by atoms with Gasteiger partial charge >= 0.3 is 11.6 Å². The lowest BCUT2D eigenvalue weighted by molar-refractivity contribution is -0.136. The van der Waals surface area contributed by atoms with E-state index in [1.54, 1.807) is 13.2 Å². The third-order valence-electron chi connectivity index (χ3n) is 5.80. The van der Waals surface area contributed by atoms with Gasteiger partial charge in [0.2, 0.25) is 0 Å². The van der Waals surface area contributed by atoms with Crippen LogP contribution in [-0.2, 0) is 11.2 Å². The third-order valence-corrected chi connectivity index (χ3v) is 5.80. The van der Waals surface area contributed by atoms with Crippen LogP contribution >= 0.6 is 0 Å². The van der Waals surface area contributed by atoms with Crippen molar-refractivity contribution >= 4 is 38.7 Å². The molecule has 0 spiro atoms. The number of methoxy groups -OCH3 is 1. The molecule has 0 saturated carbocycles. The largest absolute Gasteiger partial charge is 0.497 e. The topological polar surface area (TPSA) is 89.9 Å². The monoisotopic (exact) mass is 428 g/mol. The molecule has 6 heteroatoms. The first-order valence-corrected chi connectivity index (χ1v) is 10.1. The van der Waals surface area contributed by atoms with Gasteiger partial charge in [-0.2, -0.15) is 0 Å².